The zero-order chi connectivity index (χ0) is 14.8. The lowest BCUT2D eigenvalue weighted by atomic mass is 9.74. The zero-order valence-corrected chi connectivity index (χ0v) is 11.5. The van der Waals surface area contributed by atoms with Gasteiger partial charge in [-0.3, -0.25) is 9.59 Å². The molecule has 5 heteroatoms. The maximum atomic E-state index is 12.1. The van der Waals surface area contributed by atoms with Crippen molar-refractivity contribution in [3.05, 3.63) is 29.8 Å². The molecule has 0 saturated heterocycles. The van der Waals surface area contributed by atoms with E-state index in [0.29, 0.717) is 5.56 Å². The SMILES string of the molecule is CC(C)(NC(=O)c1ccc(O)cc1)C(C)(C)C(=O)O. The molecule has 0 radical (unpaired) electrons. The zero-order valence-electron chi connectivity index (χ0n) is 11.5. The molecule has 0 heterocycles. The van der Waals surface area contributed by atoms with Gasteiger partial charge in [0.05, 0.1) is 11.0 Å². The fourth-order valence-electron chi connectivity index (χ4n) is 1.39. The van der Waals surface area contributed by atoms with Crippen LogP contribution in [0.2, 0.25) is 0 Å². The average Bonchev–Trinajstić information content (AvgIpc) is 2.28. The van der Waals surface area contributed by atoms with E-state index in [9.17, 15) is 14.7 Å². The van der Waals surface area contributed by atoms with E-state index in [1.807, 2.05) is 0 Å². The number of carboxylic acid groups (broad SMARTS) is 1. The Bertz CT molecular complexity index is 489. The van der Waals surface area contributed by atoms with Gasteiger partial charge in [-0.05, 0) is 52.0 Å². The van der Waals surface area contributed by atoms with Gasteiger partial charge in [-0.1, -0.05) is 0 Å². The highest BCUT2D eigenvalue weighted by molar-refractivity contribution is 5.95. The van der Waals surface area contributed by atoms with Crippen molar-refractivity contribution in [3.63, 3.8) is 0 Å². The highest BCUT2D eigenvalue weighted by Crippen LogP contribution is 2.31. The molecule has 0 aliphatic heterocycles. The summed E-state index contributed by atoms with van der Waals surface area (Å²) >= 11 is 0. The molecule has 104 valence electrons. The number of amides is 1. The average molecular weight is 265 g/mol. The van der Waals surface area contributed by atoms with E-state index in [2.05, 4.69) is 5.32 Å². The Labute approximate surface area is 112 Å². The number of phenols is 1. The lowest BCUT2D eigenvalue weighted by molar-refractivity contribution is -0.150. The maximum Gasteiger partial charge on any atom is 0.311 e. The summed E-state index contributed by atoms with van der Waals surface area (Å²) in [6.07, 6.45) is 0. The molecule has 0 atom stereocenters. The predicted octanol–water partition coefficient (Wildman–Crippen LogP) is 2.01. The molecule has 19 heavy (non-hydrogen) atoms. The van der Waals surface area contributed by atoms with Gasteiger partial charge in [0.15, 0.2) is 0 Å². The molecule has 1 aromatic rings. The van der Waals surface area contributed by atoms with Gasteiger partial charge in [0.25, 0.3) is 5.91 Å². The number of benzene rings is 1. The smallest absolute Gasteiger partial charge is 0.311 e. The van der Waals surface area contributed by atoms with E-state index in [4.69, 9.17) is 5.11 Å². The van der Waals surface area contributed by atoms with Crippen LogP contribution in [0.15, 0.2) is 24.3 Å². The fraction of sp³-hybridized carbons (Fsp3) is 0.429. The molecular formula is C14H19NO4. The molecule has 1 aromatic carbocycles. The van der Waals surface area contributed by atoms with Gasteiger partial charge in [-0.2, -0.15) is 0 Å². The molecule has 0 aliphatic carbocycles. The van der Waals surface area contributed by atoms with Gasteiger partial charge >= 0.3 is 5.97 Å². The third kappa shape index (κ3) is 3.05. The second-order valence-corrected chi connectivity index (χ2v) is 5.56. The summed E-state index contributed by atoms with van der Waals surface area (Å²) in [7, 11) is 0. The van der Waals surface area contributed by atoms with Crippen molar-refractivity contribution < 1.29 is 19.8 Å². The molecule has 0 bridgehead atoms. The maximum absolute atomic E-state index is 12.1. The van der Waals surface area contributed by atoms with Crippen LogP contribution in [0.25, 0.3) is 0 Å². The van der Waals surface area contributed by atoms with Crippen molar-refractivity contribution in [1.82, 2.24) is 5.32 Å². The van der Waals surface area contributed by atoms with Crippen LogP contribution >= 0.6 is 0 Å². The summed E-state index contributed by atoms with van der Waals surface area (Å²) in [6.45, 7) is 6.46. The van der Waals surface area contributed by atoms with Crippen LogP contribution in [-0.2, 0) is 4.79 Å². The van der Waals surface area contributed by atoms with E-state index in [-0.39, 0.29) is 11.7 Å². The van der Waals surface area contributed by atoms with Gasteiger partial charge in [-0.15, -0.1) is 0 Å². The lowest BCUT2D eigenvalue weighted by Gasteiger charge is -2.38. The van der Waals surface area contributed by atoms with Crippen molar-refractivity contribution >= 4 is 11.9 Å². The van der Waals surface area contributed by atoms with Crippen molar-refractivity contribution in [3.8, 4) is 5.75 Å². The summed E-state index contributed by atoms with van der Waals surface area (Å²) in [5.41, 5.74) is -1.67. The molecule has 1 amide bonds. The first-order valence-electron chi connectivity index (χ1n) is 5.93. The van der Waals surface area contributed by atoms with Gasteiger partial charge in [0, 0.05) is 5.56 Å². The third-order valence-corrected chi connectivity index (χ3v) is 3.65. The number of nitrogens with one attached hydrogen (secondary N) is 1. The van der Waals surface area contributed by atoms with Gasteiger partial charge < -0.3 is 15.5 Å². The van der Waals surface area contributed by atoms with Crippen LogP contribution in [0, 0.1) is 5.41 Å². The van der Waals surface area contributed by atoms with Gasteiger partial charge in [-0.25, -0.2) is 0 Å². The number of carbonyl (C=O) groups excluding carboxylic acids is 1. The Hall–Kier alpha value is -2.04. The molecular weight excluding hydrogens is 246 g/mol. The van der Waals surface area contributed by atoms with Crippen molar-refractivity contribution in [2.45, 2.75) is 33.2 Å². The Kier molecular flexibility index (Phi) is 3.88. The molecule has 0 saturated carbocycles. The highest BCUT2D eigenvalue weighted by Gasteiger charge is 2.44. The molecule has 3 N–H and O–H groups in total. The summed E-state index contributed by atoms with van der Waals surface area (Å²) in [5, 5.41) is 21.1. The number of carboxylic acids is 1. The Morgan fingerprint density at radius 1 is 1.05 bits per heavy atom. The molecule has 0 spiro atoms. The van der Waals surface area contributed by atoms with E-state index in [1.54, 1.807) is 27.7 Å². The molecule has 1 rings (SSSR count). The fourth-order valence-corrected chi connectivity index (χ4v) is 1.39. The van der Waals surface area contributed by atoms with Crippen LogP contribution in [0.1, 0.15) is 38.1 Å². The third-order valence-electron chi connectivity index (χ3n) is 3.65. The summed E-state index contributed by atoms with van der Waals surface area (Å²) in [4.78, 5) is 23.3. The first-order chi connectivity index (χ1) is 8.58. The first-order valence-corrected chi connectivity index (χ1v) is 5.93. The summed E-state index contributed by atoms with van der Waals surface area (Å²) in [6, 6.07) is 5.78. The predicted molar refractivity (Wildman–Crippen MR) is 71.1 cm³/mol. The Morgan fingerprint density at radius 3 is 1.95 bits per heavy atom. The number of hydrogen-bond acceptors (Lipinski definition) is 3. The standard InChI is InChI=1S/C14H19NO4/c1-13(2,12(18)19)14(3,4)15-11(17)9-5-7-10(16)8-6-9/h5-8,16H,1-4H3,(H,15,17)(H,18,19). The molecule has 0 aromatic heterocycles. The van der Waals surface area contributed by atoms with Crippen LogP contribution in [0.5, 0.6) is 5.75 Å². The van der Waals surface area contributed by atoms with E-state index >= 15 is 0 Å². The second-order valence-electron chi connectivity index (χ2n) is 5.56. The van der Waals surface area contributed by atoms with Crippen LogP contribution in [0.4, 0.5) is 0 Å². The number of phenolic OH excluding ortho intramolecular Hbond substituents is 1. The molecule has 0 aliphatic rings. The van der Waals surface area contributed by atoms with E-state index in [1.165, 1.54) is 24.3 Å². The minimum atomic E-state index is -1.11. The number of aromatic hydroxyl groups is 1. The highest BCUT2D eigenvalue weighted by atomic mass is 16.4. The summed E-state index contributed by atoms with van der Waals surface area (Å²) < 4.78 is 0. The normalized spacial score (nSPS) is 12.0. The number of hydrogen-bond donors (Lipinski definition) is 3. The molecule has 5 nitrogen and oxygen atoms in total. The lowest BCUT2D eigenvalue weighted by Crippen LogP contribution is -2.56. The number of rotatable bonds is 4. The largest absolute Gasteiger partial charge is 0.508 e. The number of carbonyl (C=O) groups is 2. The topological polar surface area (TPSA) is 86.6 Å². The second kappa shape index (κ2) is 4.91. The molecule has 0 unspecified atom stereocenters. The van der Waals surface area contributed by atoms with Crippen molar-refractivity contribution in [1.29, 1.82) is 0 Å². The Balaban J connectivity index is 2.92. The minimum absolute atomic E-state index is 0.0710. The van der Waals surface area contributed by atoms with Gasteiger partial charge in [0.1, 0.15) is 5.75 Å². The summed E-state index contributed by atoms with van der Waals surface area (Å²) in [5.74, 6) is -1.29. The van der Waals surface area contributed by atoms with Crippen LogP contribution in [-0.4, -0.2) is 27.6 Å². The van der Waals surface area contributed by atoms with Crippen molar-refractivity contribution in [2.75, 3.05) is 0 Å². The van der Waals surface area contributed by atoms with E-state index < -0.39 is 16.9 Å². The minimum Gasteiger partial charge on any atom is -0.508 e. The number of aliphatic carboxylic acids is 1. The quantitative estimate of drug-likeness (QED) is 0.777. The Morgan fingerprint density at radius 2 is 1.53 bits per heavy atom. The molecule has 0 fully saturated rings. The van der Waals surface area contributed by atoms with E-state index in [0.717, 1.165) is 0 Å². The monoisotopic (exact) mass is 265 g/mol. The van der Waals surface area contributed by atoms with Crippen molar-refractivity contribution in [2.24, 2.45) is 5.41 Å². The first kappa shape index (κ1) is 15.0. The van der Waals surface area contributed by atoms with Crippen LogP contribution in [0.3, 0.4) is 0 Å². The van der Waals surface area contributed by atoms with Gasteiger partial charge in [0.2, 0.25) is 0 Å². The van der Waals surface area contributed by atoms with Crippen LogP contribution < -0.4 is 5.32 Å².